The van der Waals surface area contributed by atoms with E-state index in [2.05, 4.69) is 5.32 Å². The molecule has 25 heavy (non-hydrogen) atoms. The van der Waals surface area contributed by atoms with Gasteiger partial charge in [0, 0.05) is 18.6 Å². The number of carbonyl (C=O) groups is 1. The molecule has 7 heteroatoms. The number of amides is 1. The van der Waals surface area contributed by atoms with Gasteiger partial charge in [-0.2, -0.15) is 0 Å². The first-order valence-electron chi connectivity index (χ1n) is 7.69. The third-order valence-electron chi connectivity index (χ3n) is 4.00. The third-order valence-corrected chi connectivity index (χ3v) is 4.00. The Labute approximate surface area is 152 Å². The maximum absolute atomic E-state index is 12.3. The number of rotatable bonds is 5. The van der Waals surface area contributed by atoms with Crippen LogP contribution in [0.4, 0.5) is 11.4 Å². The van der Waals surface area contributed by atoms with Crippen molar-refractivity contribution < 1.29 is 19.0 Å². The molecule has 1 heterocycles. The van der Waals surface area contributed by atoms with E-state index in [0.717, 1.165) is 11.3 Å². The summed E-state index contributed by atoms with van der Waals surface area (Å²) in [6.45, 7) is 2.17. The average Bonchev–Trinajstić information content (AvgIpc) is 3.02. The summed E-state index contributed by atoms with van der Waals surface area (Å²) in [4.78, 5) is 12.3. The Balaban J connectivity index is 0.00000225. The number of anilines is 2. The Morgan fingerprint density at radius 2 is 1.88 bits per heavy atom. The van der Waals surface area contributed by atoms with Gasteiger partial charge in [0.05, 0.1) is 18.5 Å². The molecule has 0 spiro atoms. The van der Waals surface area contributed by atoms with E-state index in [1.165, 1.54) is 0 Å². The molecule has 1 unspecified atom stereocenters. The number of carbonyl (C=O) groups excluding carboxylic acids is 1. The van der Waals surface area contributed by atoms with E-state index in [0.29, 0.717) is 29.3 Å². The van der Waals surface area contributed by atoms with Crippen LogP contribution in [0.25, 0.3) is 0 Å². The highest BCUT2D eigenvalue weighted by atomic mass is 35.5. The zero-order valence-corrected chi connectivity index (χ0v) is 14.9. The van der Waals surface area contributed by atoms with E-state index in [9.17, 15) is 4.79 Å². The lowest BCUT2D eigenvalue weighted by Crippen LogP contribution is -2.15. The first-order chi connectivity index (χ1) is 11.6. The highest BCUT2D eigenvalue weighted by Gasteiger charge is 2.18. The third kappa shape index (κ3) is 4.28. The normalized spacial score (nSPS) is 12.9. The predicted molar refractivity (Wildman–Crippen MR) is 98.9 cm³/mol. The lowest BCUT2D eigenvalue weighted by molar-refractivity contribution is -0.116. The van der Waals surface area contributed by atoms with Gasteiger partial charge in [0.25, 0.3) is 0 Å². The quantitative estimate of drug-likeness (QED) is 0.792. The van der Waals surface area contributed by atoms with Crippen LogP contribution in [0.1, 0.15) is 24.8 Å². The van der Waals surface area contributed by atoms with Crippen LogP contribution in [0.3, 0.4) is 0 Å². The minimum absolute atomic E-state index is 0. The monoisotopic (exact) mass is 364 g/mol. The van der Waals surface area contributed by atoms with E-state index >= 15 is 0 Å². The highest BCUT2D eigenvalue weighted by molar-refractivity contribution is 5.95. The molecule has 0 bridgehead atoms. The molecule has 134 valence electrons. The Morgan fingerprint density at radius 1 is 1.24 bits per heavy atom. The van der Waals surface area contributed by atoms with Gasteiger partial charge < -0.3 is 25.3 Å². The molecule has 0 aliphatic carbocycles. The number of methoxy groups -OCH3 is 1. The largest absolute Gasteiger partial charge is 0.497 e. The van der Waals surface area contributed by atoms with E-state index in [-0.39, 0.29) is 31.0 Å². The molecule has 0 saturated heterocycles. The van der Waals surface area contributed by atoms with Gasteiger partial charge in [-0.1, -0.05) is 19.1 Å². The first-order valence-corrected chi connectivity index (χ1v) is 7.69. The summed E-state index contributed by atoms with van der Waals surface area (Å²) in [5, 5.41) is 2.84. The van der Waals surface area contributed by atoms with Gasteiger partial charge in [0.1, 0.15) is 5.75 Å². The minimum Gasteiger partial charge on any atom is -0.497 e. The van der Waals surface area contributed by atoms with Gasteiger partial charge in [-0.15, -0.1) is 12.4 Å². The maximum atomic E-state index is 12.3. The van der Waals surface area contributed by atoms with Crippen molar-refractivity contribution in [2.45, 2.75) is 19.3 Å². The molecule has 1 amide bonds. The summed E-state index contributed by atoms with van der Waals surface area (Å²) in [6.07, 6.45) is 0.347. The Bertz CT molecular complexity index is 749. The number of benzene rings is 2. The molecule has 1 aliphatic heterocycles. The zero-order valence-electron chi connectivity index (χ0n) is 14.1. The average molecular weight is 365 g/mol. The second-order valence-electron chi connectivity index (χ2n) is 5.72. The van der Waals surface area contributed by atoms with Crippen molar-refractivity contribution >= 4 is 29.7 Å². The summed E-state index contributed by atoms with van der Waals surface area (Å²) in [7, 11) is 1.63. The highest BCUT2D eigenvalue weighted by Crippen LogP contribution is 2.38. The molecule has 2 aromatic rings. The summed E-state index contributed by atoms with van der Waals surface area (Å²) >= 11 is 0. The molecule has 3 rings (SSSR count). The van der Waals surface area contributed by atoms with Crippen molar-refractivity contribution in [1.82, 2.24) is 0 Å². The predicted octanol–water partition coefficient (Wildman–Crippen LogP) is 3.56. The summed E-state index contributed by atoms with van der Waals surface area (Å²) in [5.74, 6) is 1.94. The minimum atomic E-state index is -0.108. The zero-order chi connectivity index (χ0) is 17.1. The van der Waals surface area contributed by atoms with Crippen LogP contribution in [-0.2, 0) is 4.79 Å². The van der Waals surface area contributed by atoms with Crippen molar-refractivity contribution in [3.05, 3.63) is 42.0 Å². The van der Waals surface area contributed by atoms with Crippen molar-refractivity contribution in [1.29, 1.82) is 0 Å². The van der Waals surface area contributed by atoms with Gasteiger partial charge in [-0.25, -0.2) is 0 Å². The molecule has 2 aromatic carbocycles. The van der Waals surface area contributed by atoms with Gasteiger partial charge in [-0.05, 0) is 23.6 Å². The lowest BCUT2D eigenvalue weighted by atomic mass is 9.97. The first kappa shape index (κ1) is 18.7. The molecular formula is C18H21ClN2O4. The van der Waals surface area contributed by atoms with Crippen molar-refractivity contribution in [2.75, 3.05) is 25.0 Å². The Kier molecular flexibility index (Phi) is 5.98. The number of hydrogen-bond donors (Lipinski definition) is 2. The molecule has 6 nitrogen and oxygen atoms in total. The Morgan fingerprint density at radius 3 is 2.52 bits per heavy atom. The van der Waals surface area contributed by atoms with Crippen molar-refractivity contribution in [2.24, 2.45) is 0 Å². The molecule has 0 radical (unpaired) electrons. The van der Waals surface area contributed by atoms with E-state index in [1.807, 2.05) is 31.2 Å². The van der Waals surface area contributed by atoms with E-state index in [4.69, 9.17) is 19.9 Å². The maximum Gasteiger partial charge on any atom is 0.231 e. The standard InChI is InChI=1S/C18H20N2O4.ClH/c1-11(12-3-5-13(22-2)6-4-12)7-18(21)20-15-9-17-16(8-14(15)19)23-10-24-17;/h3-6,8-9,11H,7,10,19H2,1-2H3,(H,20,21);1H. The summed E-state index contributed by atoms with van der Waals surface area (Å²) < 4.78 is 15.7. The fraction of sp³-hybridized carbons (Fsp3) is 0.278. The fourth-order valence-corrected chi connectivity index (χ4v) is 2.60. The number of nitrogen functional groups attached to an aromatic ring is 1. The number of fused-ring (bicyclic) bond motifs is 1. The van der Waals surface area contributed by atoms with Gasteiger partial charge in [0.15, 0.2) is 11.5 Å². The number of halogens is 1. The number of nitrogens with one attached hydrogen (secondary N) is 1. The SMILES string of the molecule is COc1ccc(C(C)CC(=O)Nc2cc3c(cc2N)OCO3)cc1.Cl. The number of nitrogens with two attached hydrogens (primary N) is 1. The number of ether oxygens (including phenoxy) is 3. The summed E-state index contributed by atoms with van der Waals surface area (Å²) in [6, 6.07) is 11.1. The second kappa shape index (κ2) is 7.98. The molecule has 1 atom stereocenters. The molecule has 0 saturated carbocycles. The topological polar surface area (TPSA) is 82.8 Å². The Hall–Kier alpha value is -2.60. The second-order valence-corrected chi connectivity index (χ2v) is 5.72. The molecular weight excluding hydrogens is 344 g/mol. The van der Waals surface area contributed by atoms with Crippen LogP contribution in [-0.4, -0.2) is 19.8 Å². The fourth-order valence-electron chi connectivity index (χ4n) is 2.60. The van der Waals surface area contributed by atoms with E-state index < -0.39 is 0 Å². The van der Waals surface area contributed by atoms with Crippen molar-refractivity contribution in [3.63, 3.8) is 0 Å². The van der Waals surface area contributed by atoms with E-state index in [1.54, 1.807) is 19.2 Å². The van der Waals surface area contributed by atoms with Gasteiger partial charge >= 0.3 is 0 Å². The van der Waals surface area contributed by atoms with Crippen LogP contribution in [0.15, 0.2) is 36.4 Å². The molecule has 1 aliphatic rings. The van der Waals surface area contributed by atoms with Crippen LogP contribution in [0.5, 0.6) is 17.2 Å². The van der Waals surface area contributed by atoms with Gasteiger partial charge in [-0.3, -0.25) is 4.79 Å². The lowest BCUT2D eigenvalue weighted by Gasteiger charge is -2.14. The molecule has 3 N–H and O–H groups in total. The number of hydrogen-bond acceptors (Lipinski definition) is 5. The van der Waals surface area contributed by atoms with Gasteiger partial charge in [0.2, 0.25) is 12.7 Å². The van der Waals surface area contributed by atoms with Crippen LogP contribution < -0.4 is 25.3 Å². The van der Waals surface area contributed by atoms with Crippen LogP contribution in [0.2, 0.25) is 0 Å². The van der Waals surface area contributed by atoms with Crippen molar-refractivity contribution in [3.8, 4) is 17.2 Å². The summed E-state index contributed by atoms with van der Waals surface area (Å²) in [5.41, 5.74) is 8.01. The van der Waals surface area contributed by atoms with Crippen LogP contribution in [0, 0.1) is 0 Å². The van der Waals surface area contributed by atoms with Crippen LogP contribution >= 0.6 is 12.4 Å². The molecule has 0 aromatic heterocycles. The molecule has 0 fully saturated rings. The smallest absolute Gasteiger partial charge is 0.231 e.